The highest BCUT2D eigenvalue weighted by Crippen LogP contribution is 2.41. The molecule has 1 nitrogen and oxygen atoms in total. The third-order valence-electron chi connectivity index (χ3n) is 1.24. The molecule has 0 aromatic heterocycles. The first kappa shape index (κ1) is 5.45. The topological polar surface area (TPSA) is 9.23 Å². The van der Waals surface area contributed by atoms with Crippen LogP contribution in [-0.2, 0) is 4.74 Å². The molecule has 0 heterocycles. The number of thiol groups is 1. The van der Waals surface area contributed by atoms with Gasteiger partial charge in [0.1, 0.15) is 0 Å². The van der Waals surface area contributed by atoms with Gasteiger partial charge in [0.05, 0.1) is 6.61 Å². The van der Waals surface area contributed by atoms with Gasteiger partial charge in [0.25, 0.3) is 0 Å². The Morgan fingerprint density at radius 1 is 1.71 bits per heavy atom. The Morgan fingerprint density at radius 2 is 2.29 bits per heavy atom. The van der Waals surface area contributed by atoms with E-state index in [1.54, 1.807) is 7.11 Å². The van der Waals surface area contributed by atoms with E-state index in [-0.39, 0.29) is 4.75 Å². The highest BCUT2D eigenvalue weighted by Gasteiger charge is 2.38. The molecule has 0 radical (unpaired) electrons. The minimum absolute atomic E-state index is 0.273. The molecule has 0 saturated heterocycles. The molecule has 2 heteroatoms. The maximum atomic E-state index is 4.89. The molecule has 0 N–H and O–H groups in total. The fourth-order valence-corrected chi connectivity index (χ4v) is 0.798. The molecule has 0 amide bonds. The van der Waals surface area contributed by atoms with Crippen molar-refractivity contribution in [1.82, 2.24) is 0 Å². The predicted octanol–water partition coefficient (Wildman–Crippen LogP) is 1.10. The summed E-state index contributed by atoms with van der Waals surface area (Å²) in [6.45, 7) is 0.816. The van der Waals surface area contributed by atoms with Crippen LogP contribution in [0.2, 0.25) is 0 Å². The summed E-state index contributed by atoms with van der Waals surface area (Å²) in [6, 6.07) is 0. The highest BCUT2D eigenvalue weighted by molar-refractivity contribution is 7.82. The fourth-order valence-electron chi connectivity index (χ4n) is 0.557. The Bertz CT molecular complexity index is 68.5. The lowest BCUT2D eigenvalue weighted by Crippen LogP contribution is -2.06. The van der Waals surface area contributed by atoms with E-state index in [9.17, 15) is 0 Å². The first-order valence-electron chi connectivity index (χ1n) is 2.48. The second-order valence-corrected chi connectivity index (χ2v) is 3.11. The summed E-state index contributed by atoms with van der Waals surface area (Å²) >= 11 is 4.32. The molecule has 0 bridgehead atoms. The molecule has 1 rings (SSSR count). The Balaban J connectivity index is 2.13. The molecule has 1 aliphatic carbocycles. The van der Waals surface area contributed by atoms with Gasteiger partial charge in [-0.1, -0.05) is 0 Å². The van der Waals surface area contributed by atoms with Gasteiger partial charge in [-0.25, -0.2) is 0 Å². The van der Waals surface area contributed by atoms with E-state index in [0.717, 1.165) is 6.61 Å². The van der Waals surface area contributed by atoms with Crippen LogP contribution in [0.1, 0.15) is 12.8 Å². The molecule has 0 spiro atoms. The van der Waals surface area contributed by atoms with Crippen LogP contribution in [0.4, 0.5) is 0 Å². The number of hydrogen-bond donors (Lipinski definition) is 1. The molecule has 42 valence electrons. The largest absolute Gasteiger partial charge is 0.383 e. The molecule has 1 aliphatic rings. The van der Waals surface area contributed by atoms with Crippen LogP contribution in [0.15, 0.2) is 0 Å². The van der Waals surface area contributed by atoms with Gasteiger partial charge in [-0.3, -0.25) is 0 Å². The van der Waals surface area contributed by atoms with Crippen molar-refractivity contribution in [3.63, 3.8) is 0 Å². The van der Waals surface area contributed by atoms with Crippen molar-refractivity contribution in [2.24, 2.45) is 0 Å². The minimum atomic E-state index is 0.273. The molecule has 0 aromatic carbocycles. The second-order valence-electron chi connectivity index (χ2n) is 2.16. The van der Waals surface area contributed by atoms with Crippen LogP contribution in [0.3, 0.4) is 0 Å². The third kappa shape index (κ3) is 1.35. The van der Waals surface area contributed by atoms with Crippen molar-refractivity contribution in [3.05, 3.63) is 0 Å². The zero-order chi connectivity index (χ0) is 5.33. The van der Waals surface area contributed by atoms with Crippen LogP contribution in [0.5, 0.6) is 0 Å². The Kier molecular flexibility index (Phi) is 1.30. The van der Waals surface area contributed by atoms with Crippen molar-refractivity contribution in [3.8, 4) is 0 Å². The van der Waals surface area contributed by atoms with Gasteiger partial charge in [-0.15, -0.1) is 0 Å². The third-order valence-corrected chi connectivity index (χ3v) is 1.82. The van der Waals surface area contributed by atoms with Gasteiger partial charge >= 0.3 is 0 Å². The van der Waals surface area contributed by atoms with Crippen molar-refractivity contribution in [2.45, 2.75) is 17.6 Å². The van der Waals surface area contributed by atoms with Crippen molar-refractivity contribution in [1.29, 1.82) is 0 Å². The van der Waals surface area contributed by atoms with Crippen LogP contribution in [0, 0.1) is 0 Å². The van der Waals surface area contributed by atoms with Crippen LogP contribution >= 0.6 is 12.6 Å². The zero-order valence-corrected chi connectivity index (χ0v) is 5.37. The molecule has 7 heavy (non-hydrogen) atoms. The second kappa shape index (κ2) is 1.67. The van der Waals surface area contributed by atoms with E-state index >= 15 is 0 Å². The summed E-state index contributed by atoms with van der Waals surface area (Å²) in [6.07, 6.45) is 2.45. The molecular formula is C5H10OS. The lowest BCUT2D eigenvalue weighted by atomic mass is 10.4. The SMILES string of the molecule is COCC1(S)CC1. The van der Waals surface area contributed by atoms with E-state index in [4.69, 9.17) is 4.74 Å². The number of hydrogen-bond acceptors (Lipinski definition) is 2. The molecule has 0 aromatic rings. The molecular weight excluding hydrogens is 108 g/mol. The predicted molar refractivity (Wildman–Crippen MR) is 32.8 cm³/mol. The molecule has 1 fully saturated rings. The Morgan fingerprint density at radius 3 is 2.43 bits per heavy atom. The van der Waals surface area contributed by atoms with E-state index in [2.05, 4.69) is 12.6 Å². The Labute approximate surface area is 49.5 Å². The maximum absolute atomic E-state index is 4.89. The zero-order valence-electron chi connectivity index (χ0n) is 4.48. The van der Waals surface area contributed by atoms with Gasteiger partial charge in [0.2, 0.25) is 0 Å². The fraction of sp³-hybridized carbons (Fsp3) is 1.00. The van der Waals surface area contributed by atoms with Crippen molar-refractivity contribution < 1.29 is 4.74 Å². The quantitative estimate of drug-likeness (QED) is 0.534. The van der Waals surface area contributed by atoms with Gasteiger partial charge in [0, 0.05) is 11.9 Å². The highest BCUT2D eigenvalue weighted by atomic mass is 32.1. The average molecular weight is 118 g/mol. The summed E-state index contributed by atoms with van der Waals surface area (Å²) in [5.41, 5.74) is 0. The normalized spacial score (nSPS) is 24.9. The minimum Gasteiger partial charge on any atom is -0.383 e. The summed E-state index contributed by atoms with van der Waals surface area (Å²) in [5.74, 6) is 0. The van der Waals surface area contributed by atoms with Gasteiger partial charge < -0.3 is 4.74 Å². The molecule has 0 unspecified atom stereocenters. The number of rotatable bonds is 2. The summed E-state index contributed by atoms with van der Waals surface area (Å²) in [4.78, 5) is 0. The first-order valence-corrected chi connectivity index (χ1v) is 2.93. The average Bonchev–Trinajstić information content (AvgIpc) is 2.22. The first-order chi connectivity index (χ1) is 3.27. The number of methoxy groups -OCH3 is 1. The van der Waals surface area contributed by atoms with E-state index < -0.39 is 0 Å². The monoisotopic (exact) mass is 118 g/mol. The van der Waals surface area contributed by atoms with Crippen LogP contribution in [0.25, 0.3) is 0 Å². The lowest BCUT2D eigenvalue weighted by Gasteiger charge is -2.01. The van der Waals surface area contributed by atoms with Gasteiger partial charge in [-0.2, -0.15) is 12.6 Å². The van der Waals surface area contributed by atoms with E-state index in [1.807, 2.05) is 0 Å². The lowest BCUT2D eigenvalue weighted by molar-refractivity contribution is 0.195. The summed E-state index contributed by atoms with van der Waals surface area (Å²) in [5, 5.41) is 0. The standard InChI is InChI=1S/C5H10OS/c1-6-4-5(7)2-3-5/h7H,2-4H2,1H3. The maximum Gasteiger partial charge on any atom is 0.0606 e. The van der Waals surface area contributed by atoms with Crippen molar-refractivity contribution in [2.75, 3.05) is 13.7 Å². The van der Waals surface area contributed by atoms with Gasteiger partial charge in [-0.05, 0) is 12.8 Å². The van der Waals surface area contributed by atoms with Crippen LogP contribution < -0.4 is 0 Å². The number of ether oxygens (including phenoxy) is 1. The molecule has 1 saturated carbocycles. The smallest absolute Gasteiger partial charge is 0.0606 e. The summed E-state index contributed by atoms with van der Waals surface area (Å²) in [7, 11) is 1.72. The van der Waals surface area contributed by atoms with Gasteiger partial charge in [0.15, 0.2) is 0 Å². The summed E-state index contributed by atoms with van der Waals surface area (Å²) < 4.78 is 5.16. The Hall–Kier alpha value is 0.310. The van der Waals surface area contributed by atoms with Crippen molar-refractivity contribution >= 4 is 12.6 Å². The van der Waals surface area contributed by atoms with E-state index in [1.165, 1.54) is 12.8 Å². The molecule has 0 aliphatic heterocycles. The van der Waals surface area contributed by atoms with Crippen LogP contribution in [-0.4, -0.2) is 18.5 Å². The molecule has 0 atom stereocenters. The van der Waals surface area contributed by atoms with E-state index in [0.29, 0.717) is 0 Å².